The minimum Gasteiger partial charge on any atom is -0.313 e. The number of rotatable bonds is 4. The highest BCUT2D eigenvalue weighted by atomic mass is 15.0. The Morgan fingerprint density at radius 3 is 1.93 bits per heavy atom. The van der Waals surface area contributed by atoms with Gasteiger partial charge in [0.15, 0.2) is 5.82 Å². The van der Waals surface area contributed by atoms with Gasteiger partial charge in [0.25, 0.3) is 0 Å². The molecular formula is C36H24N4. The number of hydrogen-bond acceptors (Lipinski definition) is 3. The van der Waals surface area contributed by atoms with Crippen LogP contribution in [0.15, 0.2) is 146 Å². The van der Waals surface area contributed by atoms with Crippen LogP contribution in [0, 0.1) is 0 Å². The maximum absolute atomic E-state index is 4.71. The van der Waals surface area contributed by atoms with Gasteiger partial charge in [-0.1, -0.05) is 97.1 Å². The van der Waals surface area contributed by atoms with E-state index in [1.807, 2.05) is 24.5 Å². The van der Waals surface area contributed by atoms with Gasteiger partial charge in [-0.3, -0.25) is 4.98 Å². The summed E-state index contributed by atoms with van der Waals surface area (Å²) < 4.78 is 2.23. The van der Waals surface area contributed by atoms with Gasteiger partial charge in [-0.05, 0) is 46.0 Å². The molecule has 188 valence electrons. The van der Waals surface area contributed by atoms with Gasteiger partial charge in [0.05, 0.1) is 29.0 Å². The number of fused-ring (bicyclic) bond motifs is 5. The van der Waals surface area contributed by atoms with Crippen molar-refractivity contribution in [2.45, 2.75) is 5.41 Å². The Hall–Kier alpha value is -5.35. The molecule has 0 N–H and O–H groups in total. The highest BCUT2D eigenvalue weighted by molar-refractivity contribution is 6.03. The molecule has 0 saturated carbocycles. The SMILES string of the molecule is c1ccc(C2(c3ccccc3)c3ccccc3-c3c2ccc2ccn(-c4cnc(-c5ccncc5)nc4)c32)cc1. The fourth-order valence-corrected chi connectivity index (χ4v) is 6.46. The van der Waals surface area contributed by atoms with E-state index in [0.717, 1.165) is 11.3 Å². The first kappa shape index (κ1) is 22.6. The van der Waals surface area contributed by atoms with Crippen LogP contribution in [0.4, 0.5) is 0 Å². The normalized spacial score (nSPS) is 13.2. The van der Waals surface area contributed by atoms with Crippen LogP contribution in [0.1, 0.15) is 22.3 Å². The number of hydrogen-bond donors (Lipinski definition) is 0. The average Bonchev–Trinajstić information content (AvgIpc) is 3.60. The van der Waals surface area contributed by atoms with Crippen molar-refractivity contribution in [2.24, 2.45) is 0 Å². The van der Waals surface area contributed by atoms with Crippen molar-refractivity contribution in [1.29, 1.82) is 0 Å². The Bertz CT molecular complexity index is 1940. The molecule has 3 aromatic heterocycles. The van der Waals surface area contributed by atoms with Crippen molar-refractivity contribution in [1.82, 2.24) is 19.5 Å². The molecule has 1 aliphatic carbocycles. The molecule has 0 fully saturated rings. The summed E-state index contributed by atoms with van der Waals surface area (Å²) >= 11 is 0. The van der Waals surface area contributed by atoms with Crippen molar-refractivity contribution in [3.63, 3.8) is 0 Å². The molecule has 3 heterocycles. The molecule has 4 nitrogen and oxygen atoms in total. The first-order valence-electron chi connectivity index (χ1n) is 13.4. The van der Waals surface area contributed by atoms with E-state index in [1.54, 1.807) is 12.4 Å². The van der Waals surface area contributed by atoms with Crippen LogP contribution in [-0.2, 0) is 5.41 Å². The van der Waals surface area contributed by atoms with Gasteiger partial charge >= 0.3 is 0 Å². The number of aromatic nitrogens is 4. The lowest BCUT2D eigenvalue weighted by Gasteiger charge is -2.33. The average molecular weight is 513 g/mol. The summed E-state index contributed by atoms with van der Waals surface area (Å²) in [5.74, 6) is 0.686. The van der Waals surface area contributed by atoms with Crippen LogP contribution in [-0.4, -0.2) is 19.5 Å². The summed E-state index contributed by atoms with van der Waals surface area (Å²) in [6.45, 7) is 0. The zero-order chi connectivity index (χ0) is 26.5. The predicted molar refractivity (Wildman–Crippen MR) is 159 cm³/mol. The second-order valence-corrected chi connectivity index (χ2v) is 10.1. The Morgan fingerprint density at radius 1 is 0.575 bits per heavy atom. The molecule has 0 amide bonds. The summed E-state index contributed by atoms with van der Waals surface area (Å²) in [5, 5.41) is 1.18. The predicted octanol–water partition coefficient (Wildman–Crippen LogP) is 7.85. The largest absolute Gasteiger partial charge is 0.313 e. The summed E-state index contributed by atoms with van der Waals surface area (Å²) in [6.07, 6.45) is 9.47. The maximum Gasteiger partial charge on any atom is 0.159 e. The van der Waals surface area contributed by atoms with E-state index in [-0.39, 0.29) is 0 Å². The minimum absolute atomic E-state index is 0.431. The van der Waals surface area contributed by atoms with E-state index in [9.17, 15) is 0 Å². The second-order valence-electron chi connectivity index (χ2n) is 10.1. The molecule has 0 spiro atoms. The van der Waals surface area contributed by atoms with E-state index < -0.39 is 5.41 Å². The van der Waals surface area contributed by atoms with Crippen molar-refractivity contribution in [3.05, 3.63) is 168 Å². The summed E-state index contributed by atoms with van der Waals surface area (Å²) in [5.41, 5.74) is 10.2. The minimum atomic E-state index is -0.431. The van der Waals surface area contributed by atoms with Gasteiger partial charge in [0.2, 0.25) is 0 Å². The van der Waals surface area contributed by atoms with Crippen LogP contribution >= 0.6 is 0 Å². The van der Waals surface area contributed by atoms with Crippen molar-refractivity contribution in [2.75, 3.05) is 0 Å². The Morgan fingerprint density at radius 2 is 1.23 bits per heavy atom. The van der Waals surface area contributed by atoms with Crippen molar-refractivity contribution >= 4 is 10.9 Å². The molecule has 1 aliphatic rings. The molecule has 0 unspecified atom stereocenters. The van der Waals surface area contributed by atoms with Crippen molar-refractivity contribution in [3.8, 4) is 28.2 Å². The third-order valence-electron chi connectivity index (χ3n) is 8.13. The highest BCUT2D eigenvalue weighted by Gasteiger charge is 2.46. The van der Waals surface area contributed by atoms with Crippen LogP contribution in [0.5, 0.6) is 0 Å². The van der Waals surface area contributed by atoms with E-state index >= 15 is 0 Å². The molecule has 0 bridgehead atoms. The lowest BCUT2D eigenvalue weighted by molar-refractivity contribution is 0.769. The molecule has 0 aliphatic heterocycles. The van der Waals surface area contributed by atoms with Crippen LogP contribution < -0.4 is 0 Å². The third kappa shape index (κ3) is 3.17. The van der Waals surface area contributed by atoms with Gasteiger partial charge in [-0.2, -0.15) is 0 Å². The van der Waals surface area contributed by atoms with Gasteiger partial charge in [-0.15, -0.1) is 0 Å². The van der Waals surface area contributed by atoms with Gasteiger partial charge < -0.3 is 4.57 Å². The Kier molecular flexibility index (Phi) is 5.01. The first-order chi connectivity index (χ1) is 19.9. The van der Waals surface area contributed by atoms with Crippen LogP contribution in [0.25, 0.3) is 39.1 Å². The number of nitrogens with zero attached hydrogens (tertiary/aromatic N) is 4. The number of benzene rings is 4. The second kappa shape index (κ2) is 8.85. The quantitative estimate of drug-likeness (QED) is 0.241. The first-order valence-corrected chi connectivity index (χ1v) is 13.4. The maximum atomic E-state index is 4.71. The van der Waals surface area contributed by atoms with Gasteiger partial charge in [0, 0.05) is 35.1 Å². The number of pyridine rings is 1. The fourth-order valence-electron chi connectivity index (χ4n) is 6.46. The van der Waals surface area contributed by atoms with E-state index in [2.05, 4.69) is 119 Å². The molecule has 0 radical (unpaired) electrons. The molecule has 40 heavy (non-hydrogen) atoms. The molecular weight excluding hydrogens is 488 g/mol. The third-order valence-corrected chi connectivity index (χ3v) is 8.13. The molecule has 0 atom stereocenters. The Labute approximate surface area is 232 Å². The Balaban J connectivity index is 1.42. The fraction of sp³-hybridized carbons (Fsp3) is 0.0278. The highest BCUT2D eigenvalue weighted by Crippen LogP contribution is 2.57. The van der Waals surface area contributed by atoms with E-state index in [1.165, 1.54) is 44.3 Å². The topological polar surface area (TPSA) is 43.6 Å². The van der Waals surface area contributed by atoms with Crippen molar-refractivity contribution < 1.29 is 0 Å². The molecule has 7 aromatic rings. The molecule has 0 saturated heterocycles. The van der Waals surface area contributed by atoms with Gasteiger partial charge in [-0.25, -0.2) is 9.97 Å². The summed E-state index contributed by atoms with van der Waals surface area (Å²) in [7, 11) is 0. The summed E-state index contributed by atoms with van der Waals surface area (Å²) in [4.78, 5) is 13.5. The van der Waals surface area contributed by atoms with Gasteiger partial charge in [0.1, 0.15) is 0 Å². The monoisotopic (exact) mass is 512 g/mol. The molecule has 4 heteroatoms. The van der Waals surface area contributed by atoms with Crippen LogP contribution in [0.3, 0.4) is 0 Å². The van der Waals surface area contributed by atoms with E-state index in [0.29, 0.717) is 5.82 Å². The lowest BCUT2D eigenvalue weighted by atomic mass is 9.67. The smallest absolute Gasteiger partial charge is 0.159 e. The lowest BCUT2D eigenvalue weighted by Crippen LogP contribution is -2.28. The van der Waals surface area contributed by atoms with E-state index in [4.69, 9.17) is 9.97 Å². The standard InChI is InChI=1S/C36H24N4/c1-3-9-27(10-4-1)36(28-11-5-2-6-12-28)31-14-8-7-13-30(31)33-32(36)16-15-25-19-22-40(34(25)33)29-23-38-35(39-24-29)26-17-20-37-21-18-26/h1-24H. The molecule has 4 aromatic carbocycles. The summed E-state index contributed by atoms with van der Waals surface area (Å²) in [6, 6.07) is 41.3. The van der Waals surface area contributed by atoms with Crippen LogP contribution in [0.2, 0.25) is 0 Å². The molecule has 8 rings (SSSR count). The zero-order valence-corrected chi connectivity index (χ0v) is 21.6. The zero-order valence-electron chi connectivity index (χ0n) is 21.6.